The topological polar surface area (TPSA) is 60.2 Å². The third-order valence-electron chi connectivity index (χ3n) is 2.87. The van der Waals surface area contributed by atoms with Gasteiger partial charge in [-0.1, -0.05) is 24.3 Å². The first-order valence-corrected chi connectivity index (χ1v) is 6.91. The third-order valence-corrected chi connectivity index (χ3v) is 3.78. The molecule has 1 aliphatic rings. The Hall–Kier alpha value is -1.13. The van der Waals surface area contributed by atoms with Gasteiger partial charge in [0.15, 0.2) is 0 Å². The first-order valence-electron chi connectivity index (χ1n) is 5.37. The molecule has 16 heavy (non-hydrogen) atoms. The first-order chi connectivity index (χ1) is 7.57. The summed E-state index contributed by atoms with van der Waals surface area (Å²) in [6, 6.07) is 6.91. The van der Waals surface area contributed by atoms with E-state index in [0.717, 1.165) is 24.8 Å². The lowest BCUT2D eigenvalue weighted by atomic mass is 9.89. The molecule has 3 nitrogen and oxygen atoms in total. The van der Waals surface area contributed by atoms with Gasteiger partial charge in [0.05, 0.1) is 4.90 Å². The smallest absolute Gasteiger partial charge is 0.225 e. The second-order valence-corrected chi connectivity index (χ2v) is 5.64. The molecular weight excluding hydrogens is 222 g/mol. The molecule has 86 valence electrons. The van der Waals surface area contributed by atoms with Crippen molar-refractivity contribution >= 4 is 10.0 Å². The van der Waals surface area contributed by atoms with E-state index in [1.807, 2.05) is 6.07 Å². The van der Waals surface area contributed by atoms with Crippen LogP contribution in [0.15, 0.2) is 41.3 Å². The zero-order valence-electron chi connectivity index (χ0n) is 8.96. The molecule has 0 heterocycles. The maximum atomic E-state index is 11.2. The van der Waals surface area contributed by atoms with Crippen LogP contribution in [-0.4, -0.2) is 8.42 Å². The van der Waals surface area contributed by atoms with Gasteiger partial charge in [-0.2, -0.15) is 0 Å². The highest BCUT2D eigenvalue weighted by molar-refractivity contribution is 7.89. The van der Waals surface area contributed by atoms with Gasteiger partial charge >= 0.3 is 0 Å². The van der Waals surface area contributed by atoms with E-state index in [1.54, 1.807) is 12.1 Å². The quantitative estimate of drug-likeness (QED) is 0.801. The number of allylic oxidation sites excluding steroid dienone is 2. The lowest BCUT2D eigenvalue weighted by Gasteiger charge is -2.17. The molecule has 0 amide bonds. The number of hydrogen-bond acceptors (Lipinski definition) is 2. The highest BCUT2D eigenvalue weighted by Crippen LogP contribution is 2.28. The Morgan fingerprint density at radius 2 is 2.12 bits per heavy atom. The average molecular weight is 237 g/mol. The van der Waals surface area contributed by atoms with E-state index in [1.165, 1.54) is 6.07 Å². The molecule has 0 fully saturated rings. The van der Waals surface area contributed by atoms with Gasteiger partial charge in [-0.15, -0.1) is 0 Å². The summed E-state index contributed by atoms with van der Waals surface area (Å²) < 4.78 is 22.5. The minimum Gasteiger partial charge on any atom is -0.225 e. The molecule has 4 heteroatoms. The van der Waals surface area contributed by atoms with Gasteiger partial charge in [-0.3, -0.25) is 0 Å². The predicted octanol–water partition coefficient (Wildman–Crippen LogP) is 2.16. The predicted molar refractivity (Wildman–Crippen MR) is 63.5 cm³/mol. The van der Waals surface area contributed by atoms with Crippen LogP contribution in [0.4, 0.5) is 0 Å². The van der Waals surface area contributed by atoms with Crippen molar-refractivity contribution in [1.82, 2.24) is 0 Å². The van der Waals surface area contributed by atoms with E-state index in [-0.39, 0.29) is 4.90 Å². The fourth-order valence-corrected chi connectivity index (χ4v) is 2.58. The van der Waals surface area contributed by atoms with E-state index < -0.39 is 10.0 Å². The highest BCUT2D eigenvalue weighted by atomic mass is 32.2. The summed E-state index contributed by atoms with van der Waals surface area (Å²) in [5, 5.41) is 5.11. The van der Waals surface area contributed by atoms with Crippen LogP contribution < -0.4 is 5.14 Å². The molecule has 0 saturated heterocycles. The molecule has 0 aliphatic heterocycles. The average Bonchev–Trinajstić information content (AvgIpc) is 2.29. The molecule has 1 unspecified atom stereocenters. The molecule has 1 aromatic carbocycles. The fourth-order valence-electron chi connectivity index (χ4n) is 2.01. The molecule has 2 rings (SSSR count). The second kappa shape index (κ2) is 4.39. The number of sulfonamides is 1. The summed E-state index contributed by atoms with van der Waals surface area (Å²) in [4.78, 5) is 0.198. The minimum atomic E-state index is -3.59. The van der Waals surface area contributed by atoms with Crippen LogP contribution in [-0.2, 0) is 10.0 Å². The molecule has 1 atom stereocenters. The normalized spacial score (nSPS) is 20.9. The number of nitrogens with two attached hydrogens (primary N) is 1. The van der Waals surface area contributed by atoms with Crippen molar-refractivity contribution in [3.8, 4) is 0 Å². The monoisotopic (exact) mass is 237 g/mol. The Morgan fingerprint density at radius 1 is 1.31 bits per heavy atom. The molecule has 0 spiro atoms. The second-order valence-electron chi connectivity index (χ2n) is 4.08. The Kier molecular flexibility index (Phi) is 3.12. The summed E-state index contributed by atoms with van der Waals surface area (Å²) >= 11 is 0. The van der Waals surface area contributed by atoms with E-state index in [2.05, 4.69) is 12.2 Å². The van der Waals surface area contributed by atoms with Gasteiger partial charge in [-0.25, -0.2) is 13.6 Å². The van der Waals surface area contributed by atoms with Crippen LogP contribution in [0.25, 0.3) is 0 Å². The van der Waals surface area contributed by atoms with Gasteiger partial charge in [0, 0.05) is 5.92 Å². The van der Waals surface area contributed by atoms with Crippen LogP contribution in [0.2, 0.25) is 0 Å². The van der Waals surface area contributed by atoms with Crippen molar-refractivity contribution in [3.05, 3.63) is 42.0 Å². The summed E-state index contributed by atoms with van der Waals surface area (Å²) in [5.74, 6) is 0.329. The molecule has 0 aromatic heterocycles. The van der Waals surface area contributed by atoms with E-state index in [9.17, 15) is 8.42 Å². The number of hydrogen-bond donors (Lipinski definition) is 1. The first kappa shape index (κ1) is 11.4. The minimum absolute atomic E-state index is 0.198. The van der Waals surface area contributed by atoms with Crippen molar-refractivity contribution in [3.63, 3.8) is 0 Å². The van der Waals surface area contributed by atoms with Crippen molar-refractivity contribution in [2.75, 3.05) is 0 Å². The van der Waals surface area contributed by atoms with Crippen molar-refractivity contribution < 1.29 is 8.42 Å². The third kappa shape index (κ3) is 2.51. The number of rotatable bonds is 2. The molecular formula is C12H15NO2S. The fraction of sp³-hybridized carbons (Fsp3) is 0.333. The maximum absolute atomic E-state index is 11.2. The zero-order valence-corrected chi connectivity index (χ0v) is 9.78. The van der Waals surface area contributed by atoms with Gasteiger partial charge in [0.1, 0.15) is 0 Å². The maximum Gasteiger partial charge on any atom is 0.238 e. The molecule has 0 saturated carbocycles. The Bertz CT molecular complexity index is 506. The molecule has 2 N–H and O–H groups in total. The molecule has 0 bridgehead atoms. The Balaban J connectivity index is 2.36. The van der Waals surface area contributed by atoms with Crippen LogP contribution in [0, 0.1) is 0 Å². The Morgan fingerprint density at radius 3 is 2.75 bits per heavy atom. The van der Waals surface area contributed by atoms with Crippen molar-refractivity contribution in [2.45, 2.75) is 30.1 Å². The molecule has 1 aliphatic carbocycles. The number of primary sulfonamides is 1. The van der Waals surface area contributed by atoms with Crippen LogP contribution in [0.5, 0.6) is 0 Å². The summed E-state index contributed by atoms with van der Waals surface area (Å²) in [6.07, 6.45) is 7.64. The van der Waals surface area contributed by atoms with Gasteiger partial charge in [0.2, 0.25) is 10.0 Å². The summed E-state index contributed by atoms with van der Waals surface area (Å²) in [6.45, 7) is 0. The molecule has 1 aromatic rings. The highest BCUT2D eigenvalue weighted by Gasteiger charge is 2.14. The van der Waals surface area contributed by atoms with Crippen LogP contribution in [0.1, 0.15) is 30.7 Å². The van der Waals surface area contributed by atoms with E-state index in [4.69, 9.17) is 5.14 Å². The SMILES string of the molecule is NS(=O)(=O)c1cccc(C2C=CCCC2)c1. The van der Waals surface area contributed by atoms with Crippen molar-refractivity contribution in [1.29, 1.82) is 0 Å². The van der Waals surface area contributed by atoms with Crippen LogP contribution >= 0.6 is 0 Å². The standard InChI is InChI=1S/C12H15NO2S/c13-16(14,15)12-8-4-7-11(9-12)10-5-2-1-3-6-10/h2,4-5,7-10H,1,3,6H2,(H2,13,14,15). The van der Waals surface area contributed by atoms with E-state index >= 15 is 0 Å². The zero-order chi connectivity index (χ0) is 11.6. The van der Waals surface area contributed by atoms with Crippen LogP contribution in [0.3, 0.4) is 0 Å². The van der Waals surface area contributed by atoms with Crippen molar-refractivity contribution in [2.24, 2.45) is 5.14 Å². The lowest BCUT2D eigenvalue weighted by Crippen LogP contribution is -2.12. The number of benzene rings is 1. The van der Waals surface area contributed by atoms with Gasteiger partial charge in [-0.05, 0) is 37.0 Å². The van der Waals surface area contributed by atoms with Gasteiger partial charge < -0.3 is 0 Å². The summed E-state index contributed by atoms with van der Waals surface area (Å²) in [5.41, 5.74) is 1.03. The Labute approximate surface area is 96.0 Å². The largest absolute Gasteiger partial charge is 0.238 e. The van der Waals surface area contributed by atoms with Gasteiger partial charge in [0.25, 0.3) is 0 Å². The summed E-state index contributed by atoms with van der Waals surface area (Å²) in [7, 11) is -3.59. The lowest BCUT2D eigenvalue weighted by molar-refractivity contribution is 0.597. The van der Waals surface area contributed by atoms with E-state index in [0.29, 0.717) is 5.92 Å². The molecule has 0 radical (unpaired) electrons.